The Morgan fingerprint density at radius 3 is 3.05 bits per heavy atom. The summed E-state index contributed by atoms with van der Waals surface area (Å²) in [7, 11) is 1.61. The normalized spacial score (nSPS) is 16.9. The summed E-state index contributed by atoms with van der Waals surface area (Å²) >= 11 is 2.20. The summed E-state index contributed by atoms with van der Waals surface area (Å²) in [5.41, 5.74) is 0.940. The van der Waals surface area contributed by atoms with Crippen LogP contribution in [0, 0.1) is 3.57 Å². The van der Waals surface area contributed by atoms with Crippen molar-refractivity contribution in [3.8, 4) is 11.5 Å². The molecule has 1 atom stereocenters. The Labute approximate surface area is 141 Å². The van der Waals surface area contributed by atoms with Crippen LogP contribution in [0.3, 0.4) is 0 Å². The van der Waals surface area contributed by atoms with E-state index in [1.54, 1.807) is 11.8 Å². The van der Waals surface area contributed by atoms with E-state index in [1.807, 2.05) is 19.1 Å². The fraction of sp³-hybridized carbons (Fsp3) is 0.357. The predicted molar refractivity (Wildman–Crippen MR) is 88.3 cm³/mol. The molecule has 0 saturated heterocycles. The smallest absolute Gasteiger partial charge is 0.229 e. The van der Waals surface area contributed by atoms with Gasteiger partial charge in [0.25, 0.3) is 0 Å². The summed E-state index contributed by atoms with van der Waals surface area (Å²) in [6, 6.07) is 3.68. The zero-order chi connectivity index (χ0) is 15.7. The van der Waals surface area contributed by atoms with Gasteiger partial charge < -0.3 is 9.47 Å². The molecule has 1 aliphatic rings. The highest BCUT2D eigenvalue weighted by atomic mass is 127. The second-order valence-electron chi connectivity index (χ2n) is 4.76. The number of ether oxygens (including phenoxy) is 2. The molecular weight excluding hydrogens is 399 g/mol. The van der Waals surface area contributed by atoms with E-state index in [1.165, 1.54) is 6.33 Å². The first-order chi connectivity index (χ1) is 10.6. The number of carbonyl (C=O) groups excluding carboxylic acids is 1. The lowest BCUT2D eigenvalue weighted by molar-refractivity contribution is -0.117. The quantitative estimate of drug-likeness (QED) is 0.777. The van der Waals surface area contributed by atoms with Crippen molar-refractivity contribution < 1.29 is 14.3 Å². The zero-order valence-electron chi connectivity index (χ0n) is 12.2. The lowest BCUT2D eigenvalue weighted by Crippen LogP contribution is -2.29. The van der Waals surface area contributed by atoms with Crippen LogP contribution in [-0.2, 0) is 4.79 Å². The average Bonchev–Trinajstić information content (AvgIpc) is 2.94. The highest BCUT2D eigenvalue weighted by molar-refractivity contribution is 14.1. The minimum absolute atomic E-state index is 0.0747. The number of rotatable bonds is 4. The number of hydrogen-bond donors (Lipinski definition) is 1. The van der Waals surface area contributed by atoms with Crippen LogP contribution in [0.15, 0.2) is 18.5 Å². The third-order valence-electron chi connectivity index (χ3n) is 3.42. The number of nitrogens with one attached hydrogen (secondary N) is 1. The molecule has 3 rings (SSSR count). The first-order valence-corrected chi connectivity index (χ1v) is 7.91. The molecule has 1 aromatic carbocycles. The third-order valence-corrected chi connectivity index (χ3v) is 4.22. The lowest BCUT2D eigenvalue weighted by atomic mass is 10.0. The molecule has 116 valence electrons. The van der Waals surface area contributed by atoms with Crippen LogP contribution >= 0.6 is 22.6 Å². The number of halogens is 1. The van der Waals surface area contributed by atoms with Gasteiger partial charge in [0.15, 0.2) is 11.5 Å². The van der Waals surface area contributed by atoms with Crippen LogP contribution in [0.25, 0.3) is 0 Å². The molecule has 7 nitrogen and oxygen atoms in total. The van der Waals surface area contributed by atoms with Gasteiger partial charge in [-0.2, -0.15) is 10.1 Å². The van der Waals surface area contributed by atoms with Gasteiger partial charge in [0.05, 0.1) is 29.7 Å². The summed E-state index contributed by atoms with van der Waals surface area (Å²) in [5, 5.41) is 6.92. The van der Waals surface area contributed by atoms with E-state index in [9.17, 15) is 4.79 Å². The standard InChI is InChI=1S/C14H15IN4O3/c1-3-22-11-5-8(4-9(15)13(11)21-2)10-6-12(20)18-14-16-7-17-19(10)14/h4-5,7,10H,3,6H2,1-2H3,(H,16,17,18,20). The molecule has 0 aliphatic carbocycles. The minimum atomic E-state index is -0.204. The number of nitrogens with zero attached hydrogens (tertiary/aromatic N) is 3. The molecule has 1 N–H and O–H groups in total. The van der Waals surface area contributed by atoms with Crippen molar-refractivity contribution in [3.63, 3.8) is 0 Å². The van der Waals surface area contributed by atoms with Crippen molar-refractivity contribution in [1.82, 2.24) is 14.8 Å². The average molecular weight is 414 g/mol. The van der Waals surface area contributed by atoms with Gasteiger partial charge in [0.1, 0.15) is 6.33 Å². The number of anilines is 1. The van der Waals surface area contributed by atoms with Crippen molar-refractivity contribution in [1.29, 1.82) is 0 Å². The van der Waals surface area contributed by atoms with Gasteiger partial charge >= 0.3 is 0 Å². The number of carbonyl (C=O) groups is 1. The maximum absolute atomic E-state index is 11.9. The van der Waals surface area contributed by atoms with Crippen molar-refractivity contribution >= 4 is 34.4 Å². The summed E-state index contributed by atoms with van der Waals surface area (Å²) in [4.78, 5) is 15.9. The van der Waals surface area contributed by atoms with Crippen molar-refractivity contribution in [2.75, 3.05) is 19.0 Å². The Kier molecular flexibility index (Phi) is 4.19. The Balaban J connectivity index is 2.07. The second-order valence-corrected chi connectivity index (χ2v) is 5.93. The van der Waals surface area contributed by atoms with E-state index in [0.717, 1.165) is 9.13 Å². The molecule has 0 saturated carbocycles. The second kappa shape index (κ2) is 6.11. The zero-order valence-corrected chi connectivity index (χ0v) is 14.3. The van der Waals surface area contributed by atoms with Gasteiger partial charge in [-0.15, -0.1) is 0 Å². The van der Waals surface area contributed by atoms with E-state index in [4.69, 9.17) is 9.47 Å². The topological polar surface area (TPSA) is 78.3 Å². The van der Waals surface area contributed by atoms with E-state index in [-0.39, 0.29) is 11.9 Å². The maximum Gasteiger partial charge on any atom is 0.229 e. The van der Waals surface area contributed by atoms with Crippen LogP contribution in [-0.4, -0.2) is 34.4 Å². The molecule has 0 spiro atoms. The molecule has 1 aliphatic heterocycles. The highest BCUT2D eigenvalue weighted by Crippen LogP contribution is 2.38. The number of hydrogen-bond acceptors (Lipinski definition) is 5. The van der Waals surface area contributed by atoms with Gasteiger partial charge in [-0.1, -0.05) is 0 Å². The molecule has 1 amide bonds. The van der Waals surface area contributed by atoms with E-state index < -0.39 is 0 Å². The summed E-state index contributed by atoms with van der Waals surface area (Å²) in [6.07, 6.45) is 1.75. The summed E-state index contributed by atoms with van der Waals surface area (Å²) in [6.45, 7) is 2.46. The molecule has 2 heterocycles. The largest absolute Gasteiger partial charge is 0.492 e. The predicted octanol–water partition coefficient (Wildman–Crippen LogP) is 2.22. The molecule has 0 radical (unpaired) electrons. The van der Waals surface area contributed by atoms with Gasteiger partial charge in [-0.05, 0) is 47.2 Å². The van der Waals surface area contributed by atoms with E-state index >= 15 is 0 Å². The van der Waals surface area contributed by atoms with Crippen LogP contribution in [0.2, 0.25) is 0 Å². The Morgan fingerprint density at radius 2 is 2.32 bits per heavy atom. The molecule has 2 aromatic rings. The summed E-state index contributed by atoms with van der Waals surface area (Å²) in [5.74, 6) is 1.75. The number of benzene rings is 1. The van der Waals surface area contributed by atoms with Crippen LogP contribution < -0.4 is 14.8 Å². The number of amides is 1. The number of methoxy groups -OCH3 is 1. The van der Waals surface area contributed by atoms with Gasteiger partial charge in [-0.25, -0.2) is 4.68 Å². The molecule has 1 aromatic heterocycles. The van der Waals surface area contributed by atoms with Crippen LogP contribution in [0.5, 0.6) is 11.5 Å². The third kappa shape index (κ3) is 2.62. The van der Waals surface area contributed by atoms with Crippen molar-refractivity contribution in [2.45, 2.75) is 19.4 Å². The number of aromatic nitrogens is 3. The SMILES string of the molecule is CCOc1cc(C2CC(=O)Nc3ncnn32)cc(I)c1OC. The van der Waals surface area contributed by atoms with Crippen LogP contribution in [0.1, 0.15) is 24.9 Å². The van der Waals surface area contributed by atoms with E-state index in [2.05, 4.69) is 38.0 Å². The van der Waals surface area contributed by atoms with E-state index in [0.29, 0.717) is 30.5 Å². The molecule has 0 fully saturated rings. The summed E-state index contributed by atoms with van der Waals surface area (Å²) < 4.78 is 13.7. The minimum Gasteiger partial charge on any atom is -0.492 e. The van der Waals surface area contributed by atoms with Crippen LogP contribution in [0.4, 0.5) is 5.95 Å². The molecule has 22 heavy (non-hydrogen) atoms. The fourth-order valence-electron chi connectivity index (χ4n) is 2.51. The van der Waals surface area contributed by atoms with Crippen molar-refractivity contribution in [3.05, 3.63) is 27.6 Å². The Bertz CT molecular complexity index is 716. The number of fused-ring (bicyclic) bond motifs is 1. The monoisotopic (exact) mass is 414 g/mol. The molecule has 8 heteroatoms. The molecule has 1 unspecified atom stereocenters. The maximum atomic E-state index is 11.9. The van der Waals surface area contributed by atoms with Gasteiger partial charge in [-0.3, -0.25) is 10.1 Å². The molecule has 0 bridgehead atoms. The van der Waals surface area contributed by atoms with Crippen molar-refractivity contribution in [2.24, 2.45) is 0 Å². The lowest BCUT2D eigenvalue weighted by Gasteiger charge is -2.24. The first kappa shape index (κ1) is 15.1. The Hall–Kier alpha value is -1.84. The fourth-order valence-corrected chi connectivity index (χ4v) is 3.35. The van der Waals surface area contributed by atoms with Gasteiger partial charge in [0.2, 0.25) is 11.9 Å². The van der Waals surface area contributed by atoms with Gasteiger partial charge in [0, 0.05) is 0 Å². The first-order valence-electron chi connectivity index (χ1n) is 6.83. The highest BCUT2D eigenvalue weighted by Gasteiger charge is 2.29. The molecular formula is C14H15IN4O3. The Morgan fingerprint density at radius 1 is 1.50 bits per heavy atom.